The third-order valence-corrected chi connectivity index (χ3v) is 3.67. The van der Waals surface area contributed by atoms with Crippen molar-refractivity contribution in [1.29, 1.82) is 0 Å². The number of hydrogen-bond donors (Lipinski definition) is 1. The fraction of sp³-hybridized carbons (Fsp3) is 0.462. The van der Waals surface area contributed by atoms with Crippen molar-refractivity contribution in [3.05, 3.63) is 35.4 Å². The predicted octanol–water partition coefficient (Wildman–Crippen LogP) is 2.21. The first-order valence-electron chi connectivity index (χ1n) is 5.93. The molecule has 0 aromatic heterocycles. The van der Waals surface area contributed by atoms with Crippen LogP contribution in [0.3, 0.4) is 0 Å². The Bertz CT molecular complexity index is 422. The molecule has 1 aliphatic carbocycles. The monoisotopic (exact) mass is 216 g/mol. The summed E-state index contributed by atoms with van der Waals surface area (Å²) in [6.45, 7) is 2.25. The van der Waals surface area contributed by atoms with Crippen molar-refractivity contribution in [1.82, 2.24) is 4.90 Å². The summed E-state index contributed by atoms with van der Waals surface area (Å²) in [6.07, 6.45) is 3.32. The molecule has 1 N–H and O–H groups in total. The van der Waals surface area contributed by atoms with Crippen molar-refractivity contribution < 1.29 is 5.21 Å². The van der Waals surface area contributed by atoms with E-state index in [9.17, 15) is 0 Å². The van der Waals surface area contributed by atoms with E-state index >= 15 is 0 Å². The van der Waals surface area contributed by atoms with Crippen molar-refractivity contribution in [2.75, 3.05) is 13.1 Å². The summed E-state index contributed by atoms with van der Waals surface area (Å²) in [7, 11) is 0. The van der Waals surface area contributed by atoms with Crippen LogP contribution in [0.4, 0.5) is 0 Å². The fourth-order valence-electron chi connectivity index (χ4n) is 2.93. The molecule has 16 heavy (non-hydrogen) atoms. The summed E-state index contributed by atoms with van der Waals surface area (Å²) in [5.74, 6) is 0. The average molecular weight is 216 g/mol. The van der Waals surface area contributed by atoms with E-state index in [1.165, 1.54) is 24.0 Å². The molecule has 1 fully saturated rings. The van der Waals surface area contributed by atoms with Gasteiger partial charge in [-0.25, -0.2) is 0 Å². The van der Waals surface area contributed by atoms with Crippen LogP contribution in [-0.2, 0) is 6.42 Å². The summed E-state index contributed by atoms with van der Waals surface area (Å²) in [5, 5.41) is 12.6. The molecular weight excluding hydrogens is 200 g/mol. The van der Waals surface area contributed by atoms with Crippen LogP contribution in [0.15, 0.2) is 29.4 Å². The molecule has 0 radical (unpaired) electrons. The quantitative estimate of drug-likeness (QED) is 0.577. The van der Waals surface area contributed by atoms with Crippen molar-refractivity contribution in [2.45, 2.75) is 25.3 Å². The number of fused-ring (bicyclic) bond motifs is 1. The number of rotatable bonds is 1. The highest BCUT2D eigenvalue weighted by Crippen LogP contribution is 2.35. The van der Waals surface area contributed by atoms with Gasteiger partial charge in [-0.15, -0.1) is 0 Å². The highest BCUT2D eigenvalue weighted by atomic mass is 16.4. The van der Waals surface area contributed by atoms with Gasteiger partial charge in [0.2, 0.25) is 0 Å². The van der Waals surface area contributed by atoms with E-state index in [0.717, 1.165) is 25.2 Å². The van der Waals surface area contributed by atoms with Gasteiger partial charge in [0.25, 0.3) is 0 Å². The summed E-state index contributed by atoms with van der Waals surface area (Å²) < 4.78 is 0. The van der Waals surface area contributed by atoms with Crippen LogP contribution in [0.25, 0.3) is 0 Å². The van der Waals surface area contributed by atoms with E-state index in [2.05, 4.69) is 34.3 Å². The zero-order valence-electron chi connectivity index (χ0n) is 9.26. The van der Waals surface area contributed by atoms with E-state index in [4.69, 9.17) is 5.21 Å². The van der Waals surface area contributed by atoms with Crippen molar-refractivity contribution in [3.8, 4) is 0 Å². The van der Waals surface area contributed by atoms with Gasteiger partial charge in [0, 0.05) is 6.42 Å². The molecule has 3 rings (SSSR count). The van der Waals surface area contributed by atoms with Crippen LogP contribution in [-0.4, -0.2) is 28.9 Å². The third-order valence-electron chi connectivity index (χ3n) is 3.67. The van der Waals surface area contributed by atoms with Crippen LogP contribution in [0.1, 0.15) is 30.0 Å². The molecular formula is C13H16N2O. The third kappa shape index (κ3) is 1.43. The van der Waals surface area contributed by atoms with Crippen LogP contribution in [0, 0.1) is 0 Å². The Morgan fingerprint density at radius 1 is 1.19 bits per heavy atom. The minimum Gasteiger partial charge on any atom is -0.411 e. The summed E-state index contributed by atoms with van der Waals surface area (Å²) in [6, 6.07) is 8.65. The largest absolute Gasteiger partial charge is 0.411 e. The molecule has 1 unspecified atom stereocenters. The summed E-state index contributed by atoms with van der Waals surface area (Å²) in [4.78, 5) is 2.43. The first kappa shape index (κ1) is 9.85. The maximum atomic E-state index is 9.13. The fourth-order valence-corrected chi connectivity index (χ4v) is 2.93. The highest BCUT2D eigenvalue weighted by molar-refractivity contribution is 5.96. The van der Waals surface area contributed by atoms with Gasteiger partial charge in [-0.05, 0) is 37.1 Å². The predicted molar refractivity (Wildman–Crippen MR) is 62.9 cm³/mol. The molecule has 1 aromatic carbocycles. The van der Waals surface area contributed by atoms with E-state index < -0.39 is 0 Å². The lowest BCUT2D eigenvalue weighted by Crippen LogP contribution is -2.29. The normalized spacial score (nSPS) is 27.5. The molecule has 0 spiro atoms. The Kier molecular flexibility index (Phi) is 2.40. The summed E-state index contributed by atoms with van der Waals surface area (Å²) in [5.41, 5.74) is 3.55. The minimum absolute atomic E-state index is 0.226. The molecule has 0 bridgehead atoms. The first-order valence-corrected chi connectivity index (χ1v) is 5.93. The van der Waals surface area contributed by atoms with Gasteiger partial charge in [0.15, 0.2) is 0 Å². The molecule has 1 aromatic rings. The van der Waals surface area contributed by atoms with E-state index in [0.29, 0.717) is 0 Å². The number of nitrogens with zero attached hydrogens (tertiary/aromatic N) is 2. The number of likely N-dealkylation sites (tertiary alicyclic amines) is 1. The smallest absolute Gasteiger partial charge is 0.0831 e. The topological polar surface area (TPSA) is 35.8 Å². The highest BCUT2D eigenvalue weighted by Gasteiger charge is 2.34. The van der Waals surface area contributed by atoms with E-state index in [1.54, 1.807) is 0 Å². The molecule has 0 saturated carbocycles. The second kappa shape index (κ2) is 3.91. The lowest BCUT2D eigenvalue weighted by molar-refractivity contribution is 0.282. The van der Waals surface area contributed by atoms with Crippen LogP contribution in [0.5, 0.6) is 0 Å². The molecule has 0 amide bonds. The molecule has 2 aliphatic rings. The lowest BCUT2D eigenvalue weighted by atomic mass is 10.1. The van der Waals surface area contributed by atoms with Crippen molar-refractivity contribution >= 4 is 5.71 Å². The van der Waals surface area contributed by atoms with Gasteiger partial charge in [-0.2, -0.15) is 0 Å². The van der Waals surface area contributed by atoms with Gasteiger partial charge in [-0.3, -0.25) is 4.90 Å². The maximum Gasteiger partial charge on any atom is 0.0831 e. The van der Waals surface area contributed by atoms with Gasteiger partial charge >= 0.3 is 0 Å². The number of hydrogen-bond acceptors (Lipinski definition) is 3. The van der Waals surface area contributed by atoms with Crippen molar-refractivity contribution in [2.24, 2.45) is 5.16 Å². The first-order chi connectivity index (χ1) is 7.90. The molecule has 1 atom stereocenters. The van der Waals surface area contributed by atoms with Gasteiger partial charge in [0.1, 0.15) is 0 Å². The number of oxime groups is 1. The van der Waals surface area contributed by atoms with Crippen LogP contribution >= 0.6 is 0 Å². The van der Waals surface area contributed by atoms with Gasteiger partial charge in [-0.1, -0.05) is 29.4 Å². The standard InChI is InChI=1S/C13H16N2O/c16-14-12-9-10-5-1-2-6-11(10)13(12)15-7-3-4-8-15/h1-2,5-6,13,16H,3-4,7-9H2. The lowest BCUT2D eigenvalue weighted by Gasteiger charge is -2.24. The molecule has 1 heterocycles. The zero-order valence-corrected chi connectivity index (χ0v) is 9.26. The second-order valence-corrected chi connectivity index (χ2v) is 4.61. The number of benzene rings is 1. The molecule has 3 heteroatoms. The van der Waals surface area contributed by atoms with Crippen LogP contribution in [0.2, 0.25) is 0 Å². The van der Waals surface area contributed by atoms with Crippen LogP contribution < -0.4 is 0 Å². The molecule has 84 valence electrons. The zero-order chi connectivity index (χ0) is 11.0. The van der Waals surface area contributed by atoms with Crippen molar-refractivity contribution in [3.63, 3.8) is 0 Å². The van der Waals surface area contributed by atoms with Gasteiger partial charge in [0.05, 0.1) is 11.8 Å². The van der Waals surface area contributed by atoms with E-state index in [1.807, 2.05) is 0 Å². The SMILES string of the molecule is ON=C1Cc2ccccc2C1N1CCCC1. The Morgan fingerprint density at radius 2 is 1.94 bits per heavy atom. The Labute approximate surface area is 95.4 Å². The van der Waals surface area contributed by atoms with E-state index in [-0.39, 0.29) is 6.04 Å². The second-order valence-electron chi connectivity index (χ2n) is 4.61. The average Bonchev–Trinajstić information content (AvgIpc) is 2.94. The molecule has 1 aliphatic heterocycles. The van der Waals surface area contributed by atoms with Gasteiger partial charge < -0.3 is 5.21 Å². The minimum atomic E-state index is 0.226. The Hall–Kier alpha value is -1.35. The summed E-state index contributed by atoms with van der Waals surface area (Å²) >= 11 is 0. The maximum absolute atomic E-state index is 9.13. The molecule has 3 nitrogen and oxygen atoms in total. The Balaban J connectivity index is 2.00. The molecule has 1 saturated heterocycles. The Morgan fingerprint density at radius 3 is 2.69 bits per heavy atom.